The van der Waals surface area contributed by atoms with Crippen LogP contribution in [0.25, 0.3) is 0 Å². The minimum atomic E-state index is -3.55. The first kappa shape index (κ1) is 19.2. The lowest BCUT2D eigenvalue weighted by Crippen LogP contribution is -2.48. The molecule has 4 N–H and O–H groups in total. The topological polar surface area (TPSA) is 101 Å². The third-order valence-corrected chi connectivity index (χ3v) is 6.25. The number of carbonyl (C=O) groups is 1. The number of rotatable bonds is 5. The van der Waals surface area contributed by atoms with Crippen LogP contribution in [0.4, 0.5) is 5.69 Å². The monoisotopic (exact) mass is 373 g/mol. The zero-order chi connectivity index (χ0) is 16.7. The van der Waals surface area contributed by atoms with Gasteiger partial charge in [-0.3, -0.25) is 4.79 Å². The van der Waals surface area contributed by atoms with E-state index in [-0.39, 0.29) is 29.3 Å². The van der Waals surface area contributed by atoms with E-state index in [0.29, 0.717) is 24.1 Å². The van der Waals surface area contributed by atoms with E-state index in [4.69, 9.17) is 5.73 Å². The molecule has 1 amide bonds. The normalized spacial score (nSPS) is 19.6. The van der Waals surface area contributed by atoms with Gasteiger partial charge in [0.1, 0.15) is 0 Å². The molecular formula is C16H24ClN3O3S. The van der Waals surface area contributed by atoms with Gasteiger partial charge >= 0.3 is 0 Å². The molecular weight excluding hydrogens is 350 g/mol. The molecule has 1 aromatic rings. The number of halogens is 1. The first-order chi connectivity index (χ1) is 10.8. The van der Waals surface area contributed by atoms with Crippen molar-refractivity contribution < 1.29 is 13.2 Å². The van der Waals surface area contributed by atoms with Gasteiger partial charge in [0.15, 0.2) is 0 Å². The molecule has 3 rings (SSSR count). The van der Waals surface area contributed by atoms with Gasteiger partial charge in [-0.1, -0.05) is 18.9 Å². The lowest BCUT2D eigenvalue weighted by atomic mass is 9.98. The highest BCUT2D eigenvalue weighted by molar-refractivity contribution is 7.89. The Bertz CT molecular complexity index is 726. The lowest BCUT2D eigenvalue weighted by Gasteiger charge is -2.22. The largest absolute Gasteiger partial charge is 0.324 e. The van der Waals surface area contributed by atoms with Gasteiger partial charge in [-0.15, -0.1) is 12.4 Å². The molecule has 0 heterocycles. The summed E-state index contributed by atoms with van der Waals surface area (Å²) in [5, 5.41) is 2.78. The van der Waals surface area contributed by atoms with Crippen LogP contribution in [0.15, 0.2) is 23.1 Å². The van der Waals surface area contributed by atoms with Crippen LogP contribution >= 0.6 is 12.4 Å². The first-order valence-corrected chi connectivity index (χ1v) is 9.52. The summed E-state index contributed by atoms with van der Waals surface area (Å²) in [4.78, 5) is 12.6. The number of sulfonamides is 1. The Balaban J connectivity index is 0.00000208. The van der Waals surface area contributed by atoms with Crippen molar-refractivity contribution in [3.8, 4) is 0 Å². The van der Waals surface area contributed by atoms with Crippen molar-refractivity contribution in [2.24, 2.45) is 5.73 Å². The molecule has 0 spiro atoms. The van der Waals surface area contributed by atoms with Crippen LogP contribution in [-0.4, -0.2) is 25.9 Å². The summed E-state index contributed by atoms with van der Waals surface area (Å²) < 4.78 is 27.5. The predicted octanol–water partition coefficient (Wildman–Crippen LogP) is 2.07. The number of benzene rings is 1. The highest BCUT2D eigenvalue weighted by Gasteiger charge is 2.37. The Morgan fingerprint density at radius 1 is 1.25 bits per heavy atom. The number of carbonyl (C=O) groups excluding carboxylic acids is 1. The number of anilines is 1. The highest BCUT2D eigenvalue weighted by atomic mass is 35.5. The summed E-state index contributed by atoms with van der Waals surface area (Å²) in [6.07, 6.45) is 4.98. The van der Waals surface area contributed by atoms with E-state index in [1.54, 1.807) is 19.1 Å². The fourth-order valence-electron chi connectivity index (χ4n) is 2.94. The molecule has 0 radical (unpaired) electrons. The maximum Gasteiger partial charge on any atom is 0.244 e. The molecule has 6 nitrogen and oxygen atoms in total. The summed E-state index contributed by atoms with van der Waals surface area (Å²) in [7, 11) is -3.55. The van der Waals surface area contributed by atoms with Gasteiger partial charge in [-0.25, -0.2) is 13.1 Å². The highest BCUT2D eigenvalue weighted by Crippen LogP contribution is 2.29. The number of hydrogen-bond acceptors (Lipinski definition) is 4. The van der Waals surface area contributed by atoms with Gasteiger partial charge in [0, 0.05) is 11.7 Å². The van der Waals surface area contributed by atoms with Crippen LogP contribution in [0.5, 0.6) is 0 Å². The Morgan fingerprint density at radius 3 is 2.46 bits per heavy atom. The summed E-state index contributed by atoms with van der Waals surface area (Å²) in [6, 6.07) is 4.97. The Kier molecular flexibility index (Phi) is 5.59. The summed E-state index contributed by atoms with van der Waals surface area (Å²) in [5.74, 6) is -0.239. The fraction of sp³-hybridized carbons (Fsp3) is 0.562. The number of hydrogen-bond donors (Lipinski definition) is 3. The van der Waals surface area contributed by atoms with E-state index in [0.717, 1.165) is 25.7 Å². The van der Waals surface area contributed by atoms with Crippen molar-refractivity contribution >= 4 is 34.0 Å². The molecule has 2 aliphatic carbocycles. The second kappa shape index (κ2) is 7.00. The van der Waals surface area contributed by atoms with Crippen LogP contribution in [-0.2, 0) is 14.8 Å². The number of nitrogens with two attached hydrogens (primary N) is 1. The second-order valence-corrected chi connectivity index (χ2v) is 8.38. The Morgan fingerprint density at radius 2 is 1.88 bits per heavy atom. The number of aryl methyl sites for hydroxylation is 1. The van der Waals surface area contributed by atoms with Gasteiger partial charge in [0.05, 0.1) is 10.4 Å². The number of nitrogens with one attached hydrogen (secondary N) is 2. The molecule has 0 bridgehead atoms. The van der Waals surface area contributed by atoms with E-state index in [1.165, 1.54) is 6.07 Å². The molecule has 0 aromatic heterocycles. The third kappa shape index (κ3) is 4.08. The van der Waals surface area contributed by atoms with Crippen molar-refractivity contribution in [1.82, 2.24) is 4.72 Å². The molecule has 2 fully saturated rings. The van der Waals surface area contributed by atoms with Crippen LogP contribution < -0.4 is 15.8 Å². The quantitative estimate of drug-likeness (QED) is 0.735. The minimum Gasteiger partial charge on any atom is -0.324 e. The number of amides is 1. The standard InChI is InChI=1S/C16H23N3O3S.ClH/c1-11-4-5-13(18-15(20)16(17)8-2-3-9-16)10-14(11)23(21,22)19-12-6-7-12;/h4-5,10,12,19H,2-3,6-9,17H2,1H3,(H,18,20);1H. The molecule has 2 saturated carbocycles. The van der Waals surface area contributed by atoms with Crippen LogP contribution in [0.2, 0.25) is 0 Å². The maximum absolute atomic E-state index is 12.4. The Labute approximate surface area is 149 Å². The van der Waals surface area contributed by atoms with Gasteiger partial charge in [-0.2, -0.15) is 0 Å². The summed E-state index contributed by atoms with van der Waals surface area (Å²) in [5.41, 5.74) is 6.42. The van der Waals surface area contributed by atoms with Crippen molar-refractivity contribution in [3.63, 3.8) is 0 Å². The summed E-state index contributed by atoms with van der Waals surface area (Å²) in [6.45, 7) is 1.74. The van der Waals surface area contributed by atoms with Gasteiger partial charge in [0.25, 0.3) is 0 Å². The van der Waals surface area contributed by atoms with Crippen molar-refractivity contribution in [1.29, 1.82) is 0 Å². The zero-order valence-corrected chi connectivity index (χ0v) is 15.3. The molecule has 0 aliphatic heterocycles. The molecule has 0 atom stereocenters. The maximum atomic E-state index is 12.4. The molecule has 8 heteroatoms. The molecule has 1 aromatic carbocycles. The zero-order valence-electron chi connectivity index (χ0n) is 13.7. The van der Waals surface area contributed by atoms with Crippen molar-refractivity contribution in [2.75, 3.05) is 5.32 Å². The molecule has 0 unspecified atom stereocenters. The fourth-order valence-corrected chi connectivity index (χ4v) is 4.52. The SMILES string of the molecule is Cc1ccc(NC(=O)C2(N)CCCC2)cc1S(=O)(=O)NC1CC1.Cl. The molecule has 134 valence electrons. The van der Waals surface area contributed by atoms with E-state index in [2.05, 4.69) is 10.0 Å². The van der Waals surface area contributed by atoms with Gasteiger partial charge in [-0.05, 0) is 50.3 Å². The molecule has 24 heavy (non-hydrogen) atoms. The smallest absolute Gasteiger partial charge is 0.244 e. The predicted molar refractivity (Wildman–Crippen MR) is 95.8 cm³/mol. The average Bonchev–Trinajstić information content (AvgIpc) is 3.17. The van der Waals surface area contributed by atoms with Crippen molar-refractivity contribution in [2.45, 2.75) is 61.9 Å². The van der Waals surface area contributed by atoms with E-state index in [9.17, 15) is 13.2 Å². The average molecular weight is 374 g/mol. The lowest BCUT2D eigenvalue weighted by molar-refractivity contribution is -0.121. The Hall–Kier alpha value is -1.15. The van der Waals surface area contributed by atoms with Gasteiger partial charge < -0.3 is 11.1 Å². The third-order valence-electron chi connectivity index (χ3n) is 4.58. The van der Waals surface area contributed by atoms with Crippen molar-refractivity contribution in [3.05, 3.63) is 23.8 Å². The molecule has 0 saturated heterocycles. The minimum absolute atomic E-state index is 0. The van der Waals surface area contributed by atoms with Crippen LogP contribution in [0.3, 0.4) is 0 Å². The van der Waals surface area contributed by atoms with E-state index in [1.807, 2.05) is 0 Å². The summed E-state index contributed by atoms with van der Waals surface area (Å²) >= 11 is 0. The first-order valence-electron chi connectivity index (χ1n) is 8.03. The van der Waals surface area contributed by atoms with E-state index < -0.39 is 15.6 Å². The van der Waals surface area contributed by atoms with Crippen LogP contribution in [0, 0.1) is 6.92 Å². The van der Waals surface area contributed by atoms with Crippen LogP contribution in [0.1, 0.15) is 44.1 Å². The molecule has 2 aliphatic rings. The van der Waals surface area contributed by atoms with E-state index >= 15 is 0 Å². The van der Waals surface area contributed by atoms with Gasteiger partial charge in [0.2, 0.25) is 15.9 Å². The second-order valence-electron chi connectivity index (χ2n) is 6.69.